The number of carbonyl (C=O) groups excluding carboxylic acids is 1. The number of carbonyl (C=O) groups is 1. The summed E-state index contributed by atoms with van der Waals surface area (Å²) in [5.41, 5.74) is 2.95. The third kappa shape index (κ3) is 3.88. The molecule has 3 fully saturated rings. The number of ether oxygens (including phenoxy) is 2. The number of alkyl halides is 2. The molecule has 0 radical (unpaired) electrons. The summed E-state index contributed by atoms with van der Waals surface area (Å²) >= 11 is 12.1. The van der Waals surface area contributed by atoms with Crippen molar-refractivity contribution in [1.82, 2.24) is 0 Å². The molecule has 1 unspecified atom stereocenters. The zero-order chi connectivity index (χ0) is 18.1. The maximum atomic E-state index is 12.5. The van der Waals surface area contributed by atoms with Crippen molar-refractivity contribution < 1.29 is 14.3 Å². The molecule has 26 heavy (non-hydrogen) atoms. The van der Waals surface area contributed by atoms with Gasteiger partial charge in [0.05, 0.1) is 43.7 Å². The number of amides is 1. The Morgan fingerprint density at radius 2 is 1.62 bits per heavy atom. The Hall–Kier alpha value is -1.21. The number of hydrogen-bond acceptors (Lipinski definition) is 5. The minimum atomic E-state index is -0.920. The predicted molar refractivity (Wildman–Crippen MR) is 104 cm³/mol. The molecule has 1 saturated carbocycles. The van der Waals surface area contributed by atoms with Crippen LogP contribution in [-0.2, 0) is 14.3 Å². The Labute approximate surface area is 163 Å². The van der Waals surface area contributed by atoms with Gasteiger partial charge in [0.2, 0.25) is 5.91 Å². The lowest BCUT2D eigenvalue weighted by Crippen LogP contribution is -2.38. The average Bonchev–Trinajstić information content (AvgIpc) is 3.32. The Kier molecular flexibility index (Phi) is 5.19. The van der Waals surface area contributed by atoms with E-state index in [-0.39, 0.29) is 11.8 Å². The van der Waals surface area contributed by atoms with Crippen LogP contribution in [0.5, 0.6) is 0 Å². The Bertz CT molecular complexity index is 674. The fourth-order valence-electron chi connectivity index (χ4n) is 3.43. The van der Waals surface area contributed by atoms with Gasteiger partial charge in [-0.2, -0.15) is 0 Å². The standard InChI is InChI=1S/C18H23Cl2N3O3/c19-18(20)12-14(18)17(24)21-15-2-1-13(22-3-7-25-8-4-22)11-16(15)23-5-9-26-10-6-23/h1-2,11,14H,3-10,12H2,(H,21,24). The number of rotatable bonds is 4. The molecule has 2 saturated heterocycles. The van der Waals surface area contributed by atoms with E-state index in [1.807, 2.05) is 12.1 Å². The molecule has 1 aromatic carbocycles. The topological polar surface area (TPSA) is 54.0 Å². The van der Waals surface area contributed by atoms with Crippen molar-refractivity contribution in [2.45, 2.75) is 10.8 Å². The fraction of sp³-hybridized carbons (Fsp3) is 0.611. The highest BCUT2D eigenvalue weighted by Crippen LogP contribution is 2.53. The van der Waals surface area contributed by atoms with Gasteiger partial charge in [-0.3, -0.25) is 4.79 Å². The molecule has 0 bridgehead atoms. The van der Waals surface area contributed by atoms with E-state index >= 15 is 0 Å². The summed E-state index contributed by atoms with van der Waals surface area (Å²) in [6, 6.07) is 6.17. The molecule has 6 nitrogen and oxygen atoms in total. The Morgan fingerprint density at radius 1 is 1.04 bits per heavy atom. The van der Waals surface area contributed by atoms with E-state index in [4.69, 9.17) is 32.7 Å². The average molecular weight is 400 g/mol. The van der Waals surface area contributed by atoms with Crippen LogP contribution in [0.4, 0.5) is 17.1 Å². The van der Waals surface area contributed by atoms with Crippen LogP contribution >= 0.6 is 23.2 Å². The van der Waals surface area contributed by atoms with E-state index in [1.165, 1.54) is 0 Å². The second kappa shape index (κ2) is 7.43. The fourth-order valence-corrected chi connectivity index (χ4v) is 3.93. The van der Waals surface area contributed by atoms with Gasteiger partial charge in [-0.15, -0.1) is 23.2 Å². The van der Waals surface area contributed by atoms with E-state index in [9.17, 15) is 4.79 Å². The SMILES string of the molecule is O=C(Nc1ccc(N2CCOCC2)cc1N1CCOCC1)C1CC1(Cl)Cl. The molecule has 2 aliphatic heterocycles. The van der Waals surface area contributed by atoms with Gasteiger partial charge in [0.25, 0.3) is 0 Å². The first-order valence-electron chi connectivity index (χ1n) is 9.03. The molecule has 1 N–H and O–H groups in total. The summed E-state index contributed by atoms with van der Waals surface area (Å²) in [5, 5.41) is 3.02. The Morgan fingerprint density at radius 3 is 2.19 bits per heavy atom. The summed E-state index contributed by atoms with van der Waals surface area (Å²) in [4.78, 5) is 17.0. The first-order chi connectivity index (χ1) is 12.5. The van der Waals surface area contributed by atoms with Crippen LogP contribution in [0.15, 0.2) is 18.2 Å². The molecular weight excluding hydrogens is 377 g/mol. The largest absolute Gasteiger partial charge is 0.378 e. The van der Waals surface area contributed by atoms with Gasteiger partial charge >= 0.3 is 0 Å². The molecule has 2 heterocycles. The number of hydrogen-bond donors (Lipinski definition) is 1. The number of morpholine rings is 2. The van der Waals surface area contributed by atoms with Crippen molar-refractivity contribution in [3.8, 4) is 0 Å². The second-order valence-electron chi connectivity index (χ2n) is 6.91. The zero-order valence-corrected chi connectivity index (χ0v) is 16.1. The van der Waals surface area contributed by atoms with Crippen LogP contribution < -0.4 is 15.1 Å². The number of anilines is 3. The van der Waals surface area contributed by atoms with Gasteiger partial charge in [-0.1, -0.05) is 0 Å². The van der Waals surface area contributed by atoms with Crippen molar-refractivity contribution in [3.63, 3.8) is 0 Å². The zero-order valence-electron chi connectivity index (χ0n) is 14.5. The third-order valence-corrected chi connectivity index (χ3v) is 5.95. The number of nitrogens with zero attached hydrogens (tertiary/aromatic N) is 2. The van der Waals surface area contributed by atoms with E-state index in [0.717, 1.165) is 56.5 Å². The Balaban J connectivity index is 1.58. The molecule has 4 rings (SSSR count). The van der Waals surface area contributed by atoms with Crippen LogP contribution in [0, 0.1) is 5.92 Å². The van der Waals surface area contributed by atoms with Gasteiger partial charge in [-0.05, 0) is 24.6 Å². The second-order valence-corrected chi connectivity index (χ2v) is 8.45. The summed E-state index contributed by atoms with van der Waals surface area (Å²) in [7, 11) is 0. The molecule has 1 atom stereocenters. The first kappa shape index (κ1) is 18.2. The molecule has 1 amide bonds. The molecule has 142 valence electrons. The van der Waals surface area contributed by atoms with Gasteiger partial charge in [-0.25, -0.2) is 0 Å². The van der Waals surface area contributed by atoms with E-state index in [0.29, 0.717) is 19.6 Å². The predicted octanol–water partition coefficient (Wildman–Crippen LogP) is 2.49. The van der Waals surface area contributed by atoms with Crippen LogP contribution in [-0.4, -0.2) is 62.8 Å². The first-order valence-corrected chi connectivity index (χ1v) is 9.78. The lowest BCUT2D eigenvalue weighted by molar-refractivity contribution is -0.117. The molecule has 8 heteroatoms. The van der Waals surface area contributed by atoms with Gasteiger partial charge in [0, 0.05) is 31.9 Å². The summed E-state index contributed by atoms with van der Waals surface area (Å²) in [5.74, 6) is -0.467. The van der Waals surface area contributed by atoms with Gasteiger partial charge in [0.1, 0.15) is 4.33 Å². The highest BCUT2D eigenvalue weighted by molar-refractivity contribution is 6.52. The van der Waals surface area contributed by atoms with E-state index in [2.05, 4.69) is 21.2 Å². The minimum absolute atomic E-state index is 0.122. The van der Waals surface area contributed by atoms with Crippen molar-refractivity contribution in [1.29, 1.82) is 0 Å². The van der Waals surface area contributed by atoms with Crippen molar-refractivity contribution in [2.75, 3.05) is 67.7 Å². The third-order valence-electron chi connectivity index (χ3n) is 5.11. The molecule has 1 aliphatic carbocycles. The highest BCUT2D eigenvalue weighted by atomic mass is 35.5. The lowest BCUT2D eigenvalue weighted by Gasteiger charge is -2.33. The summed E-state index contributed by atoms with van der Waals surface area (Å²) in [6.45, 7) is 6.19. The molecule has 0 spiro atoms. The van der Waals surface area contributed by atoms with E-state index in [1.54, 1.807) is 0 Å². The van der Waals surface area contributed by atoms with Crippen molar-refractivity contribution >= 4 is 46.2 Å². The van der Waals surface area contributed by atoms with Gasteiger partial charge in [0.15, 0.2) is 0 Å². The monoisotopic (exact) mass is 399 g/mol. The van der Waals surface area contributed by atoms with E-state index < -0.39 is 4.33 Å². The minimum Gasteiger partial charge on any atom is -0.378 e. The molecule has 1 aromatic rings. The maximum absolute atomic E-state index is 12.5. The van der Waals surface area contributed by atoms with Gasteiger partial charge < -0.3 is 24.6 Å². The van der Waals surface area contributed by atoms with Crippen LogP contribution in [0.2, 0.25) is 0 Å². The number of nitrogens with one attached hydrogen (secondary N) is 1. The molecule has 3 aliphatic rings. The van der Waals surface area contributed by atoms with Crippen molar-refractivity contribution in [2.24, 2.45) is 5.92 Å². The maximum Gasteiger partial charge on any atom is 0.230 e. The normalized spacial score (nSPS) is 25.1. The molecule has 0 aromatic heterocycles. The van der Waals surface area contributed by atoms with Crippen LogP contribution in [0.1, 0.15) is 6.42 Å². The molecular formula is C18H23Cl2N3O3. The smallest absolute Gasteiger partial charge is 0.230 e. The lowest BCUT2D eigenvalue weighted by atomic mass is 10.1. The van der Waals surface area contributed by atoms with Crippen LogP contribution in [0.3, 0.4) is 0 Å². The quantitative estimate of drug-likeness (QED) is 0.788. The highest BCUT2D eigenvalue weighted by Gasteiger charge is 2.56. The number of benzene rings is 1. The van der Waals surface area contributed by atoms with Crippen LogP contribution in [0.25, 0.3) is 0 Å². The summed E-state index contributed by atoms with van der Waals surface area (Å²) in [6.07, 6.45) is 0.501. The number of halogens is 2. The summed E-state index contributed by atoms with van der Waals surface area (Å²) < 4.78 is 10.0. The van der Waals surface area contributed by atoms with Crippen molar-refractivity contribution in [3.05, 3.63) is 18.2 Å².